The van der Waals surface area contributed by atoms with Crippen LogP contribution in [0.25, 0.3) is 11.0 Å². The van der Waals surface area contributed by atoms with Crippen LogP contribution < -0.4 is 10.2 Å². The van der Waals surface area contributed by atoms with E-state index in [4.69, 9.17) is 0 Å². The number of piperazine rings is 1. The zero-order valence-electron chi connectivity index (χ0n) is 12.4. The number of aromatic nitrogens is 3. The van der Waals surface area contributed by atoms with Crippen molar-refractivity contribution in [1.29, 1.82) is 0 Å². The first kappa shape index (κ1) is 13.3. The molecule has 1 saturated heterocycles. The molecule has 1 atom stereocenters. The number of nitrogens with one attached hydrogen (secondary N) is 2. The molecule has 22 heavy (non-hydrogen) atoms. The number of fused-ring (bicyclic) bond motifs is 1. The van der Waals surface area contributed by atoms with Crippen LogP contribution in [0.2, 0.25) is 0 Å². The fraction of sp³-hybridized carbons (Fsp3) is 0.294. The van der Waals surface area contributed by atoms with Crippen LogP contribution in [-0.4, -0.2) is 40.6 Å². The highest BCUT2D eigenvalue weighted by atomic mass is 15.2. The Morgan fingerprint density at radius 3 is 2.91 bits per heavy atom. The Bertz CT molecular complexity index is 719. The summed E-state index contributed by atoms with van der Waals surface area (Å²) in [6.07, 6.45) is 2.75. The van der Waals surface area contributed by atoms with Crippen LogP contribution in [0, 0.1) is 0 Å². The molecule has 0 bridgehead atoms. The molecule has 5 nitrogen and oxygen atoms in total. The van der Waals surface area contributed by atoms with Crippen molar-refractivity contribution in [3.05, 3.63) is 54.5 Å². The molecule has 1 fully saturated rings. The topological polar surface area (TPSA) is 56.8 Å². The summed E-state index contributed by atoms with van der Waals surface area (Å²) in [4.78, 5) is 14.9. The minimum Gasteiger partial charge on any atom is -0.354 e. The second-order valence-corrected chi connectivity index (χ2v) is 5.69. The quantitative estimate of drug-likeness (QED) is 0.775. The molecule has 2 aromatic heterocycles. The molecule has 0 aliphatic carbocycles. The summed E-state index contributed by atoms with van der Waals surface area (Å²) < 4.78 is 0. The average molecular weight is 293 g/mol. The summed E-state index contributed by atoms with van der Waals surface area (Å²) in [5.41, 5.74) is 2.14. The van der Waals surface area contributed by atoms with Crippen molar-refractivity contribution < 1.29 is 0 Å². The highest BCUT2D eigenvalue weighted by molar-refractivity contribution is 5.74. The van der Waals surface area contributed by atoms with E-state index in [-0.39, 0.29) is 0 Å². The van der Waals surface area contributed by atoms with Gasteiger partial charge in [0.15, 0.2) is 0 Å². The predicted octanol–water partition coefficient (Wildman–Crippen LogP) is 1.98. The number of hydrogen-bond donors (Lipinski definition) is 2. The number of aromatic amines is 1. The number of para-hydroxylation sites is 2. The second kappa shape index (κ2) is 5.77. The summed E-state index contributed by atoms with van der Waals surface area (Å²) in [7, 11) is 0. The number of anilines is 1. The van der Waals surface area contributed by atoms with E-state index in [0.717, 1.165) is 48.7 Å². The molecule has 0 spiro atoms. The third kappa shape index (κ3) is 2.67. The van der Waals surface area contributed by atoms with E-state index in [1.165, 1.54) is 0 Å². The Morgan fingerprint density at radius 1 is 1.14 bits per heavy atom. The maximum Gasteiger partial charge on any atom is 0.128 e. The number of rotatable bonds is 3. The Balaban J connectivity index is 1.48. The third-order valence-corrected chi connectivity index (χ3v) is 4.11. The number of nitrogens with zero attached hydrogens (tertiary/aromatic N) is 3. The van der Waals surface area contributed by atoms with E-state index in [0.29, 0.717) is 6.04 Å². The van der Waals surface area contributed by atoms with E-state index in [1.54, 1.807) is 0 Å². The van der Waals surface area contributed by atoms with Crippen LogP contribution in [0.3, 0.4) is 0 Å². The van der Waals surface area contributed by atoms with E-state index in [1.807, 2.05) is 36.5 Å². The van der Waals surface area contributed by atoms with E-state index < -0.39 is 0 Å². The van der Waals surface area contributed by atoms with Gasteiger partial charge in [-0.15, -0.1) is 0 Å². The SMILES string of the molecule is c1ccc(N2CCNC(Cc3nc4ccccc4[nH]3)C2)nc1. The zero-order chi connectivity index (χ0) is 14.8. The minimum absolute atomic E-state index is 0.385. The van der Waals surface area contributed by atoms with Crippen LogP contribution >= 0.6 is 0 Å². The summed E-state index contributed by atoms with van der Waals surface area (Å²) >= 11 is 0. The third-order valence-electron chi connectivity index (χ3n) is 4.11. The lowest BCUT2D eigenvalue weighted by atomic mass is 10.1. The van der Waals surface area contributed by atoms with Gasteiger partial charge >= 0.3 is 0 Å². The van der Waals surface area contributed by atoms with Crippen molar-refractivity contribution in [1.82, 2.24) is 20.3 Å². The van der Waals surface area contributed by atoms with Crippen LogP contribution in [0.15, 0.2) is 48.7 Å². The lowest BCUT2D eigenvalue weighted by molar-refractivity contribution is 0.447. The number of benzene rings is 1. The summed E-state index contributed by atoms with van der Waals surface area (Å²) in [6.45, 7) is 2.92. The van der Waals surface area contributed by atoms with Gasteiger partial charge in [-0.1, -0.05) is 18.2 Å². The number of pyridine rings is 1. The maximum absolute atomic E-state index is 4.67. The smallest absolute Gasteiger partial charge is 0.128 e. The predicted molar refractivity (Wildman–Crippen MR) is 88.0 cm³/mol. The molecule has 1 aliphatic rings. The highest BCUT2D eigenvalue weighted by Gasteiger charge is 2.21. The highest BCUT2D eigenvalue weighted by Crippen LogP contribution is 2.15. The molecule has 2 N–H and O–H groups in total. The van der Waals surface area contributed by atoms with E-state index in [9.17, 15) is 0 Å². The van der Waals surface area contributed by atoms with Gasteiger partial charge in [-0.2, -0.15) is 0 Å². The van der Waals surface area contributed by atoms with Crippen molar-refractivity contribution in [2.45, 2.75) is 12.5 Å². The largest absolute Gasteiger partial charge is 0.354 e. The summed E-state index contributed by atoms with van der Waals surface area (Å²) in [5, 5.41) is 3.58. The lowest BCUT2D eigenvalue weighted by Crippen LogP contribution is -2.52. The van der Waals surface area contributed by atoms with Gasteiger partial charge in [0.05, 0.1) is 11.0 Å². The van der Waals surface area contributed by atoms with Gasteiger partial charge in [-0.25, -0.2) is 9.97 Å². The van der Waals surface area contributed by atoms with E-state index >= 15 is 0 Å². The first-order valence-corrected chi connectivity index (χ1v) is 7.71. The standard InChI is InChI=1S/C17H19N5/c1-2-6-15-14(5-1)20-16(21-15)11-13-12-22(10-9-18-13)17-7-3-4-8-19-17/h1-8,13,18H,9-12H2,(H,20,21). The Morgan fingerprint density at radius 2 is 2.05 bits per heavy atom. The number of H-pyrrole nitrogens is 1. The Kier molecular flexibility index (Phi) is 3.48. The molecule has 3 heterocycles. The monoisotopic (exact) mass is 293 g/mol. The molecule has 0 amide bonds. The second-order valence-electron chi connectivity index (χ2n) is 5.69. The molecule has 0 radical (unpaired) electrons. The number of hydrogen-bond acceptors (Lipinski definition) is 4. The molecule has 112 valence electrons. The molecule has 4 rings (SSSR count). The lowest BCUT2D eigenvalue weighted by Gasteiger charge is -2.34. The first-order chi connectivity index (χ1) is 10.9. The zero-order valence-corrected chi connectivity index (χ0v) is 12.4. The molecular weight excluding hydrogens is 274 g/mol. The summed E-state index contributed by atoms with van der Waals surface area (Å²) in [6, 6.07) is 14.6. The van der Waals surface area contributed by atoms with Crippen LogP contribution in [0.5, 0.6) is 0 Å². The molecule has 1 unspecified atom stereocenters. The fourth-order valence-electron chi connectivity index (χ4n) is 3.05. The molecule has 0 saturated carbocycles. The van der Waals surface area contributed by atoms with Gasteiger partial charge in [0.2, 0.25) is 0 Å². The molecule has 3 aromatic rings. The average Bonchev–Trinajstić information content (AvgIpc) is 2.98. The molecular formula is C17H19N5. The van der Waals surface area contributed by atoms with Gasteiger partial charge in [0.1, 0.15) is 11.6 Å². The summed E-state index contributed by atoms with van der Waals surface area (Å²) in [5.74, 6) is 2.10. The fourth-order valence-corrected chi connectivity index (χ4v) is 3.05. The van der Waals surface area contributed by atoms with Gasteiger partial charge in [0, 0.05) is 38.3 Å². The van der Waals surface area contributed by atoms with Crippen molar-refractivity contribution in [3.63, 3.8) is 0 Å². The maximum atomic E-state index is 4.67. The van der Waals surface area contributed by atoms with Crippen molar-refractivity contribution in [3.8, 4) is 0 Å². The first-order valence-electron chi connectivity index (χ1n) is 7.71. The van der Waals surface area contributed by atoms with Gasteiger partial charge in [-0.3, -0.25) is 0 Å². The van der Waals surface area contributed by atoms with Crippen LogP contribution in [0.4, 0.5) is 5.82 Å². The van der Waals surface area contributed by atoms with Crippen LogP contribution in [0.1, 0.15) is 5.82 Å². The molecule has 1 aromatic carbocycles. The molecule has 1 aliphatic heterocycles. The van der Waals surface area contributed by atoms with Crippen molar-refractivity contribution >= 4 is 16.9 Å². The molecule has 5 heteroatoms. The Hall–Kier alpha value is -2.40. The van der Waals surface area contributed by atoms with Crippen LogP contribution in [-0.2, 0) is 6.42 Å². The van der Waals surface area contributed by atoms with Gasteiger partial charge in [0.25, 0.3) is 0 Å². The normalized spacial score (nSPS) is 18.7. The Labute approximate surface area is 129 Å². The van der Waals surface area contributed by atoms with Gasteiger partial charge < -0.3 is 15.2 Å². The number of imidazole rings is 1. The van der Waals surface area contributed by atoms with Crippen molar-refractivity contribution in [2.75, 3.05) is 24.5 Å². The van der Waals surface area contributed by atoms with Gasteiger partial charge in [-0.05, 0) is 24.3 Å². The minimum atomic E-state index is 0.385. The van der Waals surface area contributed by atoms with Crippen molar-refractivity contribution in [2.24, 2.45) is 0 Å². The van der Waals surface area contributed by atoms with E-state index in [2.05, 4.69) is 37.3 Å².